The third kappa shape index (κ3) is 3.62. The number of hydrogen-bond acceptors (Lipinski definition) is 4. The highest BCUT2D eigenvalue weighted by molar-refractivity contribution is 5.82. The molecule has 1 atom stereocenters. The van der Waals surface area contributed by atoms with Gasteiger partial charge < -0.3 is 14.5 Å². The Morgan fingerprint density at radius 1 is 1.24 bits per heavy atom. The molecule has 1 heterocycles. The fraction of sp³-hybridized carbons (Fsp3) is 0.375. The molecule has 2 aromatic rings. The van der Waals surface area contributed by atoms with Crippen LogP contribution in [-0.2, 0) is 4.79 Å². The molecule has 1 aromatic heterocycles. The summed E-state index contributed by atoms with van der Waals surface area (Å²) >= 11 is 0. The van der Waals surface area contributed by atoms with Gasteiger partial charge in [0.25, 0.3) is 5.91 Å². The standard InChI is InChI=1S/C16H19NO4/c1-9(2)17-16(19)11(4)20-12-5-6-13-10(3)7-15(18)21-14(13)8-12/h5-9,11H,1-4H3,(H,17,19). The number of carbonyl (C=O) groups excluding carboxylic acids is 1. The topological polar surface area (TPSA) is 68.5 Å². The molecule has 1 unspecified atom stereocenters. The van der Waals surface area contributed by atoms with Crippen molar-refractivity contribution in [3.05, 3.63) is 40.2 Å². The second-order valence-corrected chi connectivity index (χ2v) is 5.33. The van der Waals surface area contributed by atoms with Gasteiger partial charge in [0.1, 0.15) is 11.3 Å². The van der Waals surface area contributed by atoms with Crippen molar-refractivity contribution in [2.45, 2.75) is 39.8 Å². The van der Waals surface area contributed by atoms with Crippen LogP contribution in [0.5, 0.6) is 5.75 Å². The molecule has 0 aliphatic heterocycles. The van der Waals surface area contributed by atoms with Crippen molar-refractivity contribution in [2.75, 3.05) is 0 Å². The van der Waals surface area contributed by atoms with Crippen LogP contribution in [0.2, 0.25) is 0 Å². The van der Waals surface area contributed by atoms with Crippen molar-refractivity contribution in [2.24, 2.45) is 0 Å². The smallest absolute Gasteiger partial charge is 0.336 e. The SMILES string of the molecule is Cc1cc(=O)oc2cc(OC(C)C(=O)NC(C)C)ccc12. The van der Waals surface area contributed by atoms with Crippen LogP contribution in [0.15, 0.2) is 33.5 Å². The number of rotatable bonds is 4. The Labute approximate surface area is 122 Å². The third-order valence-corrected chi connectivity index (χ3v) is 3.04. The molecule has 21 heavy (non-hydrogen) atoms. The lowest BCUT2D eigenvalue weighted by atomic mass is 10.1. The van der Waals surface area contributed by atoms with Crippen LogP contribution in [0.25, 0.3) is 11.0 Å². The molecule has 0 fully saturated rings. The van der Waals surface area contributed by atoms with E-state index in [9.17, 15) is 9.59 Å². The number of ether oxygens (including phenoxy) is 1. The summed E-state index contributed by atoms with van der Waals surface area (Å²) in [7, 11) is 0. The quantitative estimate of drug-likeness (QED) is 0.877. The molecule has 0 saturated heterocycles. The van der Waals surface area contributed by atoms with Gasteiger partial charge in [-0.05, 0) is 45.4 Å². The first-order chi connectivity index (χ1) is 9.86. The van der Waals surface area contributed by atoms with E-state index in [2.05, 4.69) is 5.32 Å². The summed E-state index contributed by atoms with van der Waals surface area (Å²) in [5, 5.41) is 3.63. The van der Waals surface area contributed by atoms with Gasteiger partial charge in [0.05, 0.1) is 0 Å². The fourth-order valence-corrected chi connectivity index (χ4v) is 2.04. The molecule has 0 bridgehead atoms. The molecule has 0 aliphatic carbocycles. The number of benzene rings is 1. The van der Waals surface area contributed by atoms with Crippen LogP contribution in [0.3, 0.4) is 0 Å². The van der Waals surface area contributed by atoms with Crippen molar-refractivity contribution in [1.29, 1.82) is 0 Å². The van der Waals surface area contributed by atoms with Crippen molar-refractivity contribution >= 4 is 16.9 Å². The predicted octanol–water partition coefficient (Wildman–Crippen LogP) is 2.39. The highest BCUT2D eigenvalue weighted by Crippen LogP contribution is 2.22. The van der Waals surface area contributed by atoms with Gasteiger partial charge in [-0.1, -0.05) is 0 Å². The van der Waals surface area contributed by atoms with E-state index in [0.29, 0.717) is 11.3 Å². The highest BCUT2D eigenvalue weighted by atomic mass is 16.5. The molecule has 5 heteroatoms. The molecule has 0 aliphatic rings. The monoisotopic (exact) mass is 289 g/mol. The molecule has 0 radical (unpaired) electrons. The first kappa shape index (κ1) is 15.1. The van der Waals surface area contributed by atoms with Crippen LogP contribution in [-0.4, -0.2) is 18.1 Å². The van der Waals surface area contributed by atoms with Crippen LogP contribution >= 0.6 is 0 Å². The first-order valence-corrected chi connectivity index (χ1v) is 6.88. The lowest BCUT2D eigenvalue weighted by Crippen LogP contribution is -2.40. The number of hydrogen-bond donors (Lipinski definition) is 1. The molecular weight excluding hydrogens is 270 g/mol. The average Bonchev–Trinajstić information content (AvgIpc) is 2.37. The van der Waals surface area contributed by atoms with E-state index in [-0.39, 0.29) is 11.9 Å². The van der Waals surface area contributed by atoms with Crippen molar-refractivity contribution in [3.63, 3.8) is 0 Å². The van der Waals surface area contributed by atoms with E-state index in [1.807, 2.05) is 26.8 Å². The molecule has 0 saturated carbocycles. The summed E-state index contributed by atoms with van der Waals surface area (Å²) in [5.41, 5.74) is 0.898. The number of fused-ring (bicyclic) bond motifs is 1. The Morgan fingerprint density at radius 3 is 2.62 bits per heavy atom. The maximum absolute atomic E-state index is 11.8. The highest BCUT2D eigenvalue weighted by Gasteiger charge is 2.15. The maximum atomic E-state index is 11.8. The van der Waals surface area contributed by atoms with Gasteiger partial charge in [0.15, 0.2) is 6.10 Å². The van der Waals surface area contributed by atoms with Crippen molar-refractivity contribution < 1.29 is 13.9 Å². The normalized spacial score (nSPS) is 12.4. The second-order valence-electron chi connectivity index (χ2n) is 5.33. The summed E-state index contributed by atoms with van der Waals surface area (Å²) in [6, 6.07) is 6.70. The van der Waals surface area contributed by atoms with Gasteiger partial charge in [-0.3, -0.25) is 4.79 Å². The molecule has 0 spiro atoms. The Bertz CT molecular complexity index is 718. The zero-order valence-electron chi connectivity index (χ0n) is 12.6. The predicted molar refractivity (Wildman–Crippen MR) is 80.6 cm³/mol. The van der Waals surface area contributed by atoms with Crippen LogP contribution < -0.4 is 15.7 Å². The summed E-state index contributed by atoms with van der Waals surface area (Å²) in [6.07, 6.45) is -0.624. The number of carbonyl (C=O) groups is 1. The van der Waals surface area contributed by atoms with E-state index in [4.69, 9.17) is 9.15 Å². The fourth-order valence-electron chi connectivity index (χ4n) is 2.04. The molecular formula is C16H19NO4. The third-order valence-electron chi connectivity index (χ3n) is 3.04. The van der Waals surface area contributed by atoms with E-state index < -0.39 is 11.7 Å². The summed E-state index contributed by atoms with van der Waals surface area (Å²) < 4.78 is 10.7. The van der Waals surface area contributed by atoms with Gasteiger partial charge in [-0.15, -0.1) is 0 Å². The molecule has 112 valence electrons. The van der Waals surface area contributed by atoms with E-state index >= 15 is 0 Å². The lowest BCUT2D eigenvalue weighted by Gasteiger charge is -2.16. The largest absolute Gasteiger partial charge is 0.481 e. The molecule has 2 rings (SSSR count). The Balaban J connectivity index is 2.23. The Kier molecular flexibility index (Phi) is 4.31. The van der Waals surface area contributed by atoms with Gasteiger partial charge in [0, 0.05) is 23.6 Å². The minimum absolute atomic E-state index is 0.0563. The van der Waals surface area contributed by atoms with Crippen LogP contribution in [0, 0.1) is 6.92 Å². The number of nitrogens with one attached hydrogen (secondary N) is 1. The van der Waals surface area contributed by atoms with Gasteiger partial charge in [-0.2, -0.15) is 0 Å². The second kappa shape index (κ2) is 5.99. The molecule has 1 amide bonds. The zero-order chi connectivity index (χ0) is 15.6. The zero-order valence-corrected chi connectivity index (χ0v) is 12.6. The van der Waals surface area contributed by atoms with Crippen molar-refractivity contribution in [1.82, 2.24) is 5.32 Å². The van der Waals surface area contributed by atoms with Gasteiger partial charge >= 0.3 is 5.63 Å². The average molecular weight is 289 g/mol. The van der Waals surface area contributed by atoms with Gasteiger partial charge in [-0.25, -0.2) is 4.79 Å². The summed E-state index contributed by atoms with van der Waals surface area (Å²) in [6.45, 7) is 7.29. The Hall–Kier alpha value is -2.30. The minimum Gasteiger partial charge on any atom is -0.481 e. The first-order valence-electron chi connectivity index (χ1n) is 6.88. The van der Waals surface area contributed by atoms with Crippen LogP contribution in [0.4, 0.5) is 0 Å². The van der Waals surface area contributed by atoms with E-state index in [1.165, 1.54) is 6.07 Å². The maximum Gasteiger partial charge on any atom is 0.336 e. The Morgan fingerprint density at radius 2 is 1.95 bits per heavy atom. The van der Waals surface area contributed by atoms with Gasteiger partial charge in [0.2, 0.25) is 0 Å². The number of amides is 1. The molecule has 1 N–H and O–H groups in total. The summed E-state index contributed by atoms with van der Waals surface area (Å²) in [5.74, 6) is 0.304. The minimum atomic E-state index is -0.624. The molecule has 5 nitrogen and oxygen atoms in total. The van der Waals surface area contributed by atoms with Crippen molar-refractivity contribution in [3.8, 4) is 5.75 Å². The molecule has 1 aromatic carbocycles. The van der Waals surface area contributed by atoms with E-state index in [1.54, 1.807) is 19.1 Å². The number of aryl methyl sites for hydroxylation is 1. The summed E-state index contributed by atoms with van der Waals surface area (Å²) in [4.78, 5) is 23.2. The lowest BCUT2D eigenvalue weighted by molar-refractivity contribution is -0.127. The van der Waals surface area contributed by atoms with E-state index in [0.717, 1.165) is 10.9 Å². The van der Waals surface area contributed by atoms with Crippen LogP contribution in [0.1, 0.15) is 26.3 Å².